The van der Waals surface area contributed by atoms with Gasteiger partial charge in [-0.15, -0.1) is 0 Å². The van der Waals surface area contributed by atoms with Gasteiger partial charge in [0.2, 0.25) is 0 Å². The lowest BCUT2D eigenvalue weighted by molar-refractivity contribution is 0.412. The molecule has 2 aromatic heterocycles. The Kier molecular flexibility index (Phi) is 2.75. The van der Waals surface area contributed by atoms with Crippen LogP contribution in [0.2, 0.25) is 0 Å². The first-order chi connectivity index (χ1) is 9.28. The Bertz CT molecular complexity index is 722. The zero-order valence-corrected chi connectivity index (χ0v) is 10.6. The van der Waals surface area contributed by atoms with Gasteiger partial charge in [0.25, 0.3) is 0 Å². The summed E-state index contributed by atoms with van der Waals surface area (Å²) in [6, 6.07) is 7.88. The third kappa shape index (κ3) is 2.08. The molecule has 0 radical (unpaired) electrons. The maximum atomic E-state index is 5.24. The number of rotatable bonds is 3. The topological polar surface area (TPSA) is 75.7 Å². The van der Waals surface area contributed by atoms with Gasteiger partial charge in [-0.25, -0.2) is 9.97 Å². The van der Waals surface area contributed by atoms with E-state index in [4.69, 9.17) is 4.74 Å². The van der Waals surface area contributed by atoms with Crippen molar-refractivity contribution in [2.24, 2.45) is 0 Å². The molecule has 1 aromatic carbocycles. The number of H-pyrrole nitrogens is 1. The summed E-state index contributed by atoms with van der Waals surface area (Å²) in [5, 5.41) is 11.4. The second-order valence-electron chi connectivity index (χ2n) is 4.08. The molecule has 0 atom stereocenters. The van der Waals surface area contributed by atoms with Gasteiger partial charge in [-0.1, -0.05) is 12.1 Å². The molecule has 3 rings (SSSR count). The third-order valence-electron chi connectivity index (χ3n) is 2.80. The van der Waals surface area contributed by atoms with E-state index >= 15 is 0 Å². The molecule has 3 aromatic rings. The predicted molar refractivity (Wildman–Crippen MR) is 72.7 cm³/mol. The van der Waals surface area contributed by atoms with Gasteiger partial charge in [-0.3, -0.25) is 5.10 Å². The van der Waals surface area contributed by atoms with E-state index in [1.807, 2.05) is 31.2 Å². The van der Waals surface area contributed by atoms with Crippen LogP contribution in [-0.2, 0) is 0 Å². The summed E-state index contributed by atoms with van der Waals surface area (Å²) in [7, 11) is 1.59. The Morgan fingerprint density at radius 2 is 2.05 bits per heavy atom. The number of ether oxygens (including phenoxy) is 1. The molecule has 0 aliphatic carbocycles. The van der Waals surface area contributed by atoms with E-state index in [0.29, 0.717) is 23.2 Å². The van der Waals surface area contributed by atoms with Crippen molar-refractivity contribution in [1.29, 1.82) is 0 Å². The molecule has 0 spiro atoms. The molecule has 19 heavy (non-hydrogen) atoms. The number of aromatic amines is 1. The average molecular weight is 255 g/mol. The lowest BCUT2D eigenvalue weighted by atomic mass is 10.2. The minimum absolute atomic E-state index is 0.581. The monoisotopic (exact) mass is 255 g/mol. The number of anilines is 2. The van der Waals surface area contributed by atoms with Gasteiger partial charge in [0, 0.05) is 5.39 Å². The van der Waals surface area contributed by atoms with E-state index in [-0.39, 0.29) is 0 Å². The minimum atomic E-state index is 0.581. The maximum absolute atomic E-state index is 5.24. The number of hydrogen-bond acceptors (Lipinski definition) is 5. The van der Waals surface area contributed by atoms with E-state index in [1.165, 1.54) is 0 Å². The highest BCUT2D eigenvalue weighted by Crippen LogP contribution is 2.27. The van der Waals surface area contributed by atoms with Crippen LogP contribution in [-0.4, -0.2) is 27.3 Å². The predicted octanol–water partition coefficient (Wildman–Crippen LogP) is 2.41. The van der Waals surface area contributed by atoms with Crippen LogP contribution in [0.3, 0.4) is 0 Å². The Morgan fingerprint density at radius 1 is 1.21 bits per heavy atom. The fourth-order valence-corrected chi connectivity index (χ4v) is 1.87. The number of hydrogen-bond donors (Lipinski definition) is 2. The van der Waals surface area contributed by atoms with E-state index < -0.39 is 0 Å². The lowest BCUT2D eigenvalue weighted by Gasteiger charge is -2.08. The van der Waals surface area contributed by atoms with Crippen LogP contribution in [0.4, 0.5) is 11.6 Å². The van der Waals surface area contributed by atoms with Gasteiger partial charge in [-0.05, 0) is 19.1 Å². The molecule has 0 unspecified atom stereocenters. The summed E-state index contributed by atoms with van der Waals surface area (Å²) in [6.07, 6.45) is 1.64. The molecular formula is C13H13N5O. The first kappa shape index (κ1) is 11.5. The third-order valence-corrected chi connectivity index (χ3v) is 2.80. The zero-order chi connectivity index (χ0) is 13.2. The Hall–Kier alpha value is -2.63. The largest absolute Gasteiger partial charge is 0.491 e. The fourth-order valence-electron chi connectivity index (χ4n) is 1.87. The Morgan fingerprint density at radius 3 is 2.89 bits per heavy atom. The van der Waals surface area contributed by atoms with Crippen LogP contribution >= 0.6 is 0 Å². The molecule has 96 valence electrons. The second kappa shape index (κ2) is 4.56. The molecule has 0 fully saturated rings. The molecule has 0 saturated carbocycles. The molecule has 0 aliphatic rings. The molecule has 0 bridgehead atoms. The van der Waals surface area contributed by atoms with Crippen molar-refractivity contribution in [3.05, 3.63) is 36.3 Å². The van der Waals surface area contributed by atoms with Crippen molar-refractivity contribution in [3.8, 4) is 5.75 Å². The Balaban J connectivity index is 2.03. The summed E-state index contributed by atoms with van der Waals surface area (Å²) in [5.41, 5.74) is 0.967. The highest BCUT2D eigenvalue weighted by molar-refractivity contribution is 5.91. The van der Waals surface area contributed by atoms with Gasteiger partial charge >= 0.3 is 0 Å². The normalized spacial score (nSPS) is 10.6. The molecule has 6 nitrogen and oxygen atoms in total. The number of nitrogens with one attached hydrogen (secondary N) is 2. The number of aromatic nitrogens is 4. The number of nitrogens with zero attached hydrogens (tertiary/aromatic N) is 3. The number of benzene rings is 1. The van der Waals surface area contributed by atoms with E-state index in [9.17, 15) is 0 Å². The lowest BCUT2D eigenvalue weighted by Crippen LogP contribution is -2.01. The summed E-state index contributed by atoms with van der Waals surface area (Å²) >= 11 is 0. The summed E-state index contributed by atoms with van der Waals surface area (Å²) in [6.45, 7) is 1.83. The molecule has 0 aliphatic heterocycles. The average Bonchev–Trinajstić information content (AvgIpc) is 2.83. The van der Waals surface area contributed by atoms with Gasteiger partial charge in [0.15, 0.2) is 17.4 Å². The summed E-state index contributed by atoms with van der Waals surface area (Å²) in [5.74, 6) is 2.57. The van der Waals surface area contributed by atoms with Crippen molar-refractivity contribution >= 4 is 22.5 Å². The first-order valence-electron chi connectivity index (χ1n) is 5.85. The number of fused-ring (bicyclic) bond motifs is 1. The Labute approximate surface area is 109 Å². The van der Waals surface area contributed by atoms with Crippen molar-refractivity contribution in [1.82, 2.24) is 20.2 Å². The van der Waals surface area contributed by atoms with E-state index in [2.05, 4.69) is 25.5 Å². The smallest absolute Gasteiger partial charge is 0.179 e. The summed E-state index contributed by atoms with van der Waals surface area (Å²) < 4.78 is 5.24. The molecule has 0 amide bonds. The fraction of sp³-hybridized carbons (Fsp3) is 0.154. The molecule has 2 heterocycles. The van der Waals surface area contributed by atoms with Crippen LogP contribution < -0.4 is 10.1 Å². The van der Waals surface area contributed by atoms with Crippen LogP contribution in [0.25, 0.3) is 10.9 Å². The number of para-hydroxylation sites is 1. The van der Waals surface area contributed by atoms with Crippen molar-refractivity contribution in [3.63, 3.8) is 0 Å². The van der Waals surface area contributed by atoms with E-state index in [0.717, 1.165) is 10.9 Å². The van der Waals surface area contributed by atoms with Crippen LogP contribution in [0.5, 0.6) is 5.75 Å². The molecular weight excluding hydrogens is 242 g/mol. The van der Waals surface area contributed by atoms with Crippen molar-refractivity contribution in [2.75, 3.05) is 12.4 Å². The van der Waals surface area contributed by atoms with Crippen LogP contribution in [0, 0.1) is 6.92 Å². The van der Waals surface area contributed by atoms with E-state index in [1.54, 1.807) is 13.3 Å². The van der Waals surface area contributed by atoms with Crippen LogP contribution in [0.1, 0.15) is 5.82 Å². The first-order valence-corrected chi connectivity index (χ1v) is 5.85. The van der Waals surface area contributed by atoms with Gasteiger partial charge in [0.1, 0.15) is 5.82 Å². The quantitative estimate of drug-likeness (QED) is 0.751. The van der Waals surface area contributed by atoms with Gasteiger partial charge < -0.3 is 10.1 Å². The SMILES string of the molecule is COc1cnc(C)nc1Nc1n[nH]c2ccccc12. The molecule has 0 saturated heterocycles. The highest BCUT2D eigenvalue weighted by atomic mass is 16.5. The second-order valence-corrected chi connectivity index (χ2v) is 4.08. The van der Waals surface area contributed by atoms with Gasteiger partial charge in [0.05, 0.1) is 18.8 Å². The number of aryl methyl sites for hydroxylation is 1. The zero-order valence-electron chi connectivity index (χ0n) is 10.6. The number of methoxy groups -OCH3 is 1. The van der Waals surface area contributed by atoms with Crippen molar-refractivity contribution < 1.29 is 4.74 Å². The molecule has 6 heteroatoms. The summed E-state index contributed by atoms with van der Waals surface area (Å²) in [4.78, 5) is 8.42. The van der Waals surface area contributed by atoms with Crippen molar-refractivity contribution in [2.45, 2.75) is 6.92 Å². The standard InChI is InChI=1S/C13H13N5O/c1-8-14-7-11(19-2)13(15-8)16-12-9-5-3-4-6-10(9)17-18-12/h3-7H,1-2H3,(H2,14,15,16,17,18). The maximum Gasteiger partial charge on any atom is 0.179 e. The van der Waals surface area contributed by atoms with Gasteiger partial charge in [-0.2, -0.15) is 5.10 Å². The van der Waals surface area contributed by atoms with Crippen LogP contribution in [0.15, 0.2) is 30.5 Å². The highest BCUT2D eigenvalue weighted by Gasteiger charge is 2.10. The minimum Gasteiger partial charge on any atom is -0.491 e. The molecule has 2 N–H and O–H groups in total.